The molecule has 1 unspecified atom stereocenters. The second-order valence-corrected chi connectivity index (χ2v) is 9.90. The Morgan fingerprint density at radius 3 is 2.53 bits per heavy atom. The number of piperidine rings is 1. The molecule has 6 nitrogen and oxygen atoms in total. The van der Waals surface area contributed by atoms with Crippen LogP contribution in [0.1, 0.15) is 18.4 Å². The SMILES string of the molecule is CN1CCN(C(=O)C2CCCN(S(=O)(=O)c3ccc(F)cc3)C2)Cc2ccccc21. The van der Waals surface area contributed by atoms with Crippen molar-refractivity contribution in [3.8, 4) is 0 Å². The normalized spacial score (nSPS) is 20.5. The van der Waals surface area contributed by atoms with Gasteiger partial charge in [0.15, 0.2) is 0 Å². The Morgan fingerprint density at radius 1 is 1.03 bits per heavy atom. The second kappa shape index (κ2) is 8.35. The van der Waals surface area contributed by atoms with E-state index in [1.807, 2.05) is 30.1 Å². The molecule has 30 heavy (non-hydrogen) atoms. The summed E-state index contributed by atoms with van der Waals surface area (Å²) >= 11 is 0. The van der Waals surface area contributed by atoms with Gasteiger partial charge in [0.2, 0.25) is 15.9 Å². The molecule has 1 fully saturated rings. The van der Waals surface area contributed by atoms with Gasteiger partial charge in [-0.3, -0.25) is 4.79 Å². The third kappa shape index (κ3) is 4.06. The van der Waals surface area contributed by atoms with E-state index in [-0.39, 0.29) is 23.3 Å². The van der Waals surface area contributed by atoms with E-state index in [0.717, 1.165) is 29.9 Å². The number of rotatable bonds is 3. The summed E-state index contributed by atoms with van der Waals surface area (Å²) < 4.78 is 40.5. The molecule has 160 valence electrons. The Hall–Kier alpha value is -2.45. The number of hydrogen-bond donors (Lipinski definition) is 0. The van der Waals surface area contributed by atoms with E-state index in [2.05, 4.69) is 11.0 Å². The largest absolute Gasteiger partial charge is 0.373 e. The van der Waals surface area contributed by atoms with Crippen LogP contribution in [0.4, 0.5) is 10.1 Å². The minimum absolute atomic E-state index is 0.000825. The first-order valence-electron chi connectivity index (χ1n) is 10.2. The van der Waals surface area contributed by atoms with Crippen LogP contribution in [0.2, 0.25) is 0 Å². The number of carbonyl (C=O) groups excluding carboxylic acids is 1. The van der Waals surface area contributed by atoms with Crippen molar-refractivity contribution in [3.63, 3.8) is 0 Å². The molecule has 8 heteroatoms. The maximum atomic E-state index is 13.3. The van der Waals surface area contributed by atoms with Gasteiger partial charge < -0.3 is 9.80 Å². The molecule has 2 heterocycles. The molecule has 2 aliphatic rings. The van der Waals surface area contributed by atoms with Gasteiger partial charge in [-0.1, -0.05) is 18.2 Å². The number of benzene rings is 2. The number of halogens is 1. The summed E-state index contributed by atoms with van der Waals surface area (Å²) in [5.74, 6) is -0.851. The van der Waals surface area contributed by atoms with E-state index in [9.17, 15) is 17.6 Å². The predicted octanol–water partition coefficient (Wildman–Crippen LogP) is 2.71. The predicted molar refractivity (Wildman–Crippen MR) is 113 cm³/mol. The van der Waals surface area contributed by atoms with Gasteiger partial charge in [0.25, 0.3) is 0 Å². The van der Waals surface area contributed by atoms with E-state index in [0.29, 0.717) is 32.5 Å². The molecule has 2 aromatic rings. The lowest BCUT2D eigenvalue weighted by molar-refractivity contribution is -0.137. The van der Waals surface area contributed by atoms with E-state index in [1.54, 1.807) is 0 Å². The zero-order valence-electron chi connectivity index (χ0n) is 17.0. The first-order valence-corrected chi connectivity index (χ1v) is 11.6. The highest BCUT2D eigenvalue weighted by Crippen LogP contribution is 2.28. The molecule has 0 saturated carbocycles. The van der Waals surface area contributed by atoms with Crippen molar-refractivity contribution in [1.82, 2.24) is 9.21 Å². The summed E-state index contributed by atoms with van der Waals surface area (Å²) in [5.41, 5.74) is 2.22. The topological polar surface area (TPSA) is 60.9 Å². The Balaban J connectivity index is 1.51. The molecule has 1 atom stereocenters. The lowest BCUT2D eigenvalue weighted by atomic mass is 9.98. The molecule has 0 radical (unpaired) electrons. The van der Waals surface area contributed by atoms with Gasteiger partial charge in [-0.2, -0.15) is 4.31 Å². The number of fused-ring (bicyclic) bond motifs is 1. The van der Waals surface area contributed by atoms with Crippen LogP contribution < -0.4 is 4.90 Å². The van der Waals surface area contributed by atoms with Gasteiger partial charge in [0.1, 0.15) is 5.82 Å². The average Bonchev–Trinajstić information content (AvgIpc) is 2.93. The second-order valence-electron chi connectivity index (χ2n) is 7.97. The Morgan fingerprint density at radius 2 is 1.77 bits per heavy atom. The zero-order valence-corrected chi connectivity index (χ0v) is 17.8. The van der Waals surface area contributed by atoms with Gasteiger partial charge in [-0.15, -0.1) is 0 Å². The fourth-order valence-corrected chi connectivity index (χ4v) is 5.78. The number of hydrogen-bond acceptors (Lipinski definition) is 4. The van der Waals surface area contributed by atoms with Crippen molar-refractivity contribution in [3.05, 3.63) is 59.9 Å². The monoisotopic (exact) mass is 431 g/mol. The van der Waals surface area contributed by atoms with Crippen LogP contribution in [-0.4, -0.2) is 56.8 Å². The number of anilines is 1. The Bertz CT molecular complexity index is 1030. The summed E-state index contributed by atoms with van der Waals surface area (Å²) in [6.45, 7) is 2.39. The Labute approximate surface area is 176 Å². The summed E-state index contributed by atoms with van der Waals surface area (Å²) in [7, 11) is -1.73. The van der Waals surface area contributed by atoms with Crippen molar-refractivity contribution in [2.45, 2.75) is 24.3 Å². The molecule has 1 saturated heterocycles. The van der Waals surface area contributed by atoms with Crippen molar-refractivity contribution in [1.29, 1.82) is 0 Å². The maximum Gasteiger partial charge on any atom is 0.243 e. The number of sulfonamides is 1. The van der Waals surface area contributed by atoms with Crippen LogP contribution in [0.25, 0.3) is 0 Å². The van der Waals surface area contributed by atoms with Crippen LogP contribution in [0.15, 0.2) is 53.4 Å². The van der Waals surface area contributed by atoms with Crippen LogP contribution in [0.3, 0.4) is 0 Å². The third-order valence-electron chi connectivity index (χ3n) is 5.97. The van der Waals surface area contributed by atoms with E-state index < -0.39 is 15.8 Å². The number of nitrogens with zero attached hydrogens (tertiary/aromatic N) is 3. The number of amides is 1. The number of carbonyl (C=O) groups is 1. The van der Waals surface area contributed by atoms with Gasteiger partial charge >= 0.3 is 0 Å². The molecular weight excluding hydrogens is 405 g/mol. The minimum atomic E-state index is -3.75. The van der Waals surface area contributed by atoms with Gasteiger partial charge in [-0.05, 0) is 48.7 Å². The number of likely N-dealkylation sites (N-methyl/N-ethyl adjacent to an activating group) is 1. The summed E-state index contributed by atoms with van der Waals surface area (Å²) in [6, 6.07) is 12.9. The van der Waals surface area contributed by atoms with Crippen LogP contribution >= 0.6 is 0 Å². The quantitative estimate of drug-likeness (QED) is 0.750. The van der Waals surface area contributed by atoms with Crippen LogP contribution in [0, 0.1) is 11.7 Å². The van der Waals surface area contributed by atoms with Crippen molar-refractivity contribution >= 4 is 21.6 Å². The summed E-state index contributed by atoms with van der Waals surface area (Å²) in [5, 5.41) is 0. The smallest absolute Gasteiger partial charge is 0.243 e. The average molecular weight is 432 g/mol. The third-order valence-corrected chi connectivity index (χ3v) is 7.85. The highest BCUT2D eigenvalue weighted by atomic mass is 32.2. The number of para-hydroxylation sites is 1. The molecule has 0 bridgehead atoms. The van der Waals surface area contributed by atoms with Gasteiger partial charge in [-0.25, -0.2) is 12.8 Å². The van der Waals surface area contributed by atoms with Gasteiger partial charge in [0, 0.05) is 45.5 Å². The molecule has 4 rings (SSSR count). The molecule has 2 aromatic carbocycles. The van der Waals surface area contributed by atoms with E-state index >= 15 is 0 Å². The fraction of sp³-hybridized carbons (Fsp3) is 0.409. The minimum Gasteiger partial charge on any atom is -0.373 e. The van der Waals surface area contributed by atoms with E-state index in [1.165, 1.54) is 16.4 Å². The first-order chi connectivity index (χ1) is 14.4. The van der Waals surface area contributed by atoms with Crippen molar-refractivity contribution < 1.29 is 17.6 Å². The lowest BCUT2D eigenvalue weighted by Crippen LogP contribution is -2.47. The summed E-state index contributed by atoms with van der Waals surface area (Å²) in [6.07, 6.45) is 1.30. The standard InChI is InChI=1S/C22H26FN3O3S/c1-24-13-14-25(15-17-5-2-3-7-21(17)24)22(27)18-6-4-12-26(16-18)30(28,29)20-10-8-19(23)9-11-20/h2-3,5,7-11,18H,4,6,12-16H2,1H3. The van der Waals surface area contributed by atoms with Crippen LogP contribution in [-0.2, 0) is 21.4 Å². The highest BCUT2D eigenvalue weighted by molar-refractivity contribution is 7.89. The summed E-state index contributed by atoms with van der Waals surface area (Å²) in [4.78, 5) is 17.4. The van der Waals surface area contributed by atoms with Crippen LogP contribution in [0.5, 0.6) is 0 Å². The first kappa shape index (κ1) is 20.8. The lowest BCUT2D eigenvalue weighted by Gasteiger charge is -2.34. The molecule has 0 spiro atoms. The van der Waals surface area contributed by atoms with Gasteiger partial charge in [0.05, 0.1) is 10.8 Å². The molecule has 2 aliphatic heterocycles. The molecule has 0 aliphatic carbocycles. The molecule has 0 N–H and O–H groups in total. The highest BCUT2D eigenvalue weighted by Gasteiger charge is 2.35. The fourth-order valence-electron chi connectivity index (χ4n) is 4.26. The zero-order chi connectivity index (χ0) is 21.3. The van der Waals surface area contributed by atoms with Crippen molar-refractivity contribution in [2.75, 3.05) is 38.1 Å². The van der Waals surface area contributed by atoms with E-state index in [4.69, 9.17) is 0 Å². The maximum absolute atomic E-state index is 13.3. The molecule has 0 aromatic heterocycles. The molecule has 1 amide bonds. The van der Waals surface area contributed by atoms with Crippen molar-refractivity contribution in [2.24, 2.45) is 5.92 Å². The molecular formula is C22H26FN3O3S. The Kier molecular flexibility index (Phi) is 5.79.